The van der Waals surface area contributed by atoms with E-state index in [-0.39, 0.29) is 15.5 Å². The molecule has 0 aliphatic heterocycles. The summed E-state index contributed by atoms with van der Waals surface area (Å²) in [6.45, 7) is 0.628. The lowest BCUT2D eigenvalue weighted by Crippen LogP contribution is -2.13. The average molecular weight is 419 g/mol. The number of nitrogens with one attached hydrogen (secondary N) is 1. The zero-order valence-corrected chi connectivity index (χ0v) is 16.2. The molecule has 4 aromatic rings. The van der Waals surface area contributed by atoms with Gasteiger partial charge in [-0.25, -0.2) is 18.2 Å². The Morgan fingerprint density at radius 3 is 2.64 bits per heavy atom. The fourth-order valence-electron chi connectivity index (χ4n) is 2.81. The number of hydrogen-bond donors (Lipinski definition) is 1. The van der Waals surface area contributed by atoms with E-state index >= 15 is 0 Å². The van der Waals surface area contributed by atoms with Crippen molar-refractivity contribution in [2.45, 2.75) is 11.4 Å². The van der Waals surface area contributed by atoms with E-state index in [1.54, 1.807) is 24.7 Å². The van der Waals surface area contributed by atoms with Crippen LogP contribution in [0.15, 0.2) is 69.2 Å². The molecule has 0 unspecified atom stereocenters. The van der Waals surface area contributed by atoms with E-state index in [1.165, 1.54) is 23.7 Å². The Bertz CT molecular complexity index is 1310. The summed E-state index contributed by atoms with van der Waals surface area (Å²) in [5.74, 6) is -0.595. The van der Waals surface area contributed by atoms with Crippen LogP contribution in [0.5, 0.6) is 0 Å². The topological polar surface area (TPSA) is 99.1 Å². The van der Waals surface area contributed by atoms with Gasteiger partial charge in [-0.15, -0.1) is 0 Å². The molecule has 8 nitrogen and oxygen atoms in total. The van der Waals surface area contributed by atoms with Crippen molar-refractivity contribution in [3.05, 3.63) is 76.3 Å². The lowest BCUT2D eigenvalue weighted by molar-refractivity contribution is 0.527. The second-order valence-corrected chi connectivity index (χ2v) is 8.27. The van der Waals surface area contributed by atoms with E-state index in [9.17, 15) is 13.2 Å². The van der Waals surface area contributed by atoms with Crippen molar-refractivity contribution in [3.8, 4) is 0 Å². The Balaban J connectivity index is 1.61. The first-order chi connectivity index (χ1) is 13.3. The molecule has 0 bridgehead atoms. The van der Waals surface area contributed by atoms with Crippen LogP contribution in [-0.2, 0) is 23.6 Å². The zero-order chi connectivity index (χ0) is 19.9. The minimum Gasteiger partial charge on any atom is -0.408 e. The second-order valence-electron chi connectivity index (χ2n) is 6.21. The Hall–Kier alpha value is -3.04. The van der Waals surface area contributed by atoms with E-state index in [1.807, 2.05) is 22.9 Å². The third-order valence-electron chi connectivity index (χ3n) is 4.27. The highest BCUT2D eigenvalue weighted by molar-refractivity contribution is 7.92. The van der Waals surface area contributed by atoms with Crippen molar-refractivity contribution in [2.75, 3.05) is 4.72 Å². The van der Waals surface area contributed by atoms with E-state index < -0.39 is 15.8 Å². The van der Waals surface area contributed by atoms with Crippen molar-refractivity contribution in [1.82, 2.24) is 14.1 Å². The molecular formula is C18H15ClN4O4S. The van der Waals surface area contributed by atoms with Crippen LogP contribution < -0.4 is 10.5 Å². The fraction of sp³-hybridized carbons (Fsp3) is 0.111. The molecule has 0 saturated carbocycles. The smallest absolute Gasteiger partial charge is 0.408 e. The van der Waals surface area contributed by atoms with Gasteiger partial charge in [0.05, 0.1) is 16.9 Å². The lowest BCUT2D eigenvalue weighted by atomic mass is 10.2. The maximum absolute atomic E-state index is 12.8. The summed E-state index contributed by atoms with van der Waals surface area (Å²) in [4.78, 5) is 15.4. The van der Waals surface area contributed by atoms with Crippen LogP contribution in [0, 0.1) is 0 Å². The number of hydrogen-bond acceptors (Lipinski definition) is 5. The predicted molar refractivity (Wildman–Crippen MR) is 105 cm³/mol. The van der Waals surface area contributed by atoms with Crippen LogP contribution in [0.3, 0.4) is 0 Å². The minimum absolute atomic E-state index is 0.00636. The lowest BCUT2D eigenvalue weighted by Gasteiger charge is -2.10. The molecule has 4 rings (SSSR count). The van der Waals surface area contributed by atoms with Crippen LogP contribution in [0.1, 0.15) is 5.56 Å². The molecule has 0 aliphatic carbocycles. The molecule has 0 fully saturated rings. The number of halogens is 1. The summed E-state index contributed by atoms with van der Waals surface area (Å²) in [6.07, 6.45) is 5.24. The first kappa shape index (κ1) is 18.3. The van der Waals surface area contributed by atoms with Gasteiger partial charge in [-0.3, -0.25) is 9.29 Å². The SMILES string of the molecule is Cn1c(=O)oc2cc(S(=O)(=O)Nc3ccc(Cn4ccnc4)cc3)c(Cl)cc21. The van der Waals surface area contributed by atoms with E-state index in [0.29, 0.717) is 17.7 Å². The molecule has 1 N–H and O–H groups in total. The van der Waals surface area contributed by atoms with Crippen LogP contribution in [0.2, 0.25) is 5.02 Å². The number of anilines is 1. The molecule has 2 heterocycles. The van der Waals surface area contributed by atoms with Crippen molar-refractivity contribution >= 4 is 38.4 Å². The number of nitrogens with zero attached hydrogens (tertiary/aromatic N) is 3. The van der Waals surface area contributed by atoms with Crippen molar-refractivity contribution in [2.24, 2.45) is 7.05 Å². The number of aryl methyl sites for hydroxylation is 1. The summed E-state index contributed by atoms with van der Waals surface area (Å²) < 4.78 is 36.2. The van der Waals surface area contributed by atoms with Crippen molar-refractivity contribution in [3.63, 3.8) is 0 Å². The standard InChI is InChI=1S/C18H15ClN4O4S/c1-22-15-8-14(19)17(9-16(15)27-18(22)24)28(25,26)21-13-4-2-12(3-5-13)10-23-7-6-20-11-23/h2-9,11,21H,10H2,1H3. The monoisotopic (exact) mass is 418 g/mol. The molecule has 0 spiro atoms. The Morgan fingerprint density at radius 2 is 1.96 bits per heavy atom. The summed E-state index contributed by atoms with van der Waals surface area (Å²) in [5.41, 5.74) is 1.94. The van der Waals surface area contributed by atoms with E-state index in [2.05, 4.69) is 9.71 Å². The average Bonchev–Trinajstić information content (AvgIpc) is 3.25. The molecule has 2 aromatic heterocycles. The number of benzene rings is 2. The predicted octanol–water partition coefficient (Wildman–Crippen LogP) is 2.83. The largest absolute Gasteiger partial charge is 0.419 e. The normalized spacial score (nSPS) is 11.8. The van der Waals surface area contributed by atoms with Gasteiger partial charge in [-0.1, -0.05) is 23.7 Å². The first-order valence-electron chi connectivity index (χ1n) is 8.20. The highest BCUT2D eigenvalue weighted by Gasteiger charge is 2.21. The van der Waals surface area contributed by atoms with E-state index in [0.717, 1.165) is 5.56 Å². The Labute approximate surface area is 165 Å². The number of imidazole rings is 1. The molecule has 0 aliphatic rings. The van der Waals surface area contributed by atoms with Crippen LogP contribution >= 0.6 is 11.6 Å². The first-order valence-corrected chi connectivity index (χ1v) is 10.1. The van der Waals surface area contributed by atoms with Crippen molar-refractivity contribution < 1.29 is 12.8 Å². The zero-order valence-electron chi connectivity index (χ0n) is 14.7. The van der Waals surface area contributed by atoms with Crippen molar-refractivity contribution in [1.29, 1.82) is 0 Å². The van der Waals surface area contributed by atoms with Gasteiger partial charge in [0.25, 0.3) is 10.0 Å². The molecule has 0 radical (unpaired) electrons. The fourth-order valence-corrected chi connectivity index (χ4v) is 4.41. The highest BCUT2D eigenvalue weighted by atomic mass is 35.5. The van der Waals surface area contributed by atoms with Gasteiger partial charge in [0.1, 0.15) is 4.90 Å². The van der Waals surface area contributed by atoms with Crippen LogP contribution in [0.4, 0.5) is 5.69 Å². The molecule has 144 valence electrons. The maximum atomic E-state index is 12.8. The van der Waals surface area contributed by atoms with Gasteiger partial charge in [-0.2, -0.15) is 0 Å². The minimum atomic E-state index is -3.97. The van der Waals surface area contributed by atoms with Crippen LogP contribution in [-0.4, -0.2) is 22.5 Å². The number of rotatable bonds is 5. The third-order valence-corrected chi connectivity index (χ3v) is 6.11. The molecular weight excluding hydrogens is 404 g/mol. The summed E-state index contributed by atoms with van der Waals surface area (Å²) in [6, 6.07) is 9.61. The number of sulfonamides is 1. The maximum Gasteiger partial charge on any atom is 0.419 e. The van der Waals surface area contributed by atoms with Gasteiger partial charge in [0, 0.05) is 37.7 Å². The highest BCUT2D eigenvalue weighted by Crippen LogP contribution is 2.28. The number of fused-ring (bicyclic) bond motifs is 1. The third kappa shape index (κ3) is 3.41. The molecule has 0 saturated heterocycles. The van der Waals surface area contributed by atoms with Gasteiger partial charge in [-0.05, 0) is 23.8 Å². The second kappa shape index (κ2) is 6.84. The molecule has 0 amide bonds. The van der Waals surface area contributed by atoms with Gasteiger partial charge >= 0.3 is 5.76 Å². The summed E-state index contributed by atoms with van der Waals surface area (Å²) in [7, 11) is -2.45. The summed E-state index contributed by atoms with van der Waals surface area (Å²) in [5, 5.41) is -0.00636. The van der Waals surface area contributed by atoms with E-state index in [4.69, 9.17) is 16.0 Å². The molecule has 28 heavy (non-hydrogen) atoms. The van der Waals surface area contributed by atoms with Gasteiger partial charge in [0.2, 0.25) is 0 Å². The summed E-state index contributed by atoms with van der Waals surface area (Å²) >= 11 is 6.16. The molecule has 2 aromatic carbocycles. The quantitative estimate of drug-likeness (QED) is 0.537. The van der Waals surface area contributed by atoms with Gasteiger partial charge in [0.15, 0.2) is 5.58 Å². The van der Waals surface area contributed by atoms with Gasteiger partial charge < -0.3 is 8.98 Å². The number of oxazole rings is 1. The van der Waals surface area contributed by atoms with Crippen LogP contribution in [0.25, 0.3) is 11.1 Å². The Morgan fingerprint density at radius 1 is 1.21 bits per heavy atom. The molecule has 10 heteroatoms. The molecule has 0 atom stereocenters. The number of aromatic nitrogens is 3. The Kier molecular flexibility index (Phi) is 4.48.